The highest BCUT2D eigenvalue weighted by atomic mass is 32.2. The van der Waals surface area contributed by atoms with Crippen LogP contribution < -0.4 is 0 Å². The summed E-state index contributed by atoms with van der Waals surface area (Å²) < 4.78 is 67.6. The molecule has 0 aromatic heterocycles. The lowest BCUT2D eigenvalue weighted by atomic mass is 10.1. The van der Waals surface area contributed by atoms with Gasteiger partial charge in [0, 0.05) is 6.42 Å². The van der Waals surface area contributed by atoms with Crippen LogP contribution in [-0.4, -0.2) is 23.0 Å². The van der Waals surface area contributed by atoms with Crippen molar-refractivity contribution < 1.29 is 31.2 Å². The SMILES string of the molecule is CC(O)(Cc1cccc(C(F)(F)F)c1)S(=O)(=O)O. The van der Waals surface area contributed by atoms with E-state index in [9.17, 15) is 26.7 Å². The van der Waals surface area contributed by atoms with Gasteiger partial charge >= 0.3 is 6.18 Å². The summed E-state index contributed by atoms with van der Waals surface area (Å²) in [7, 11) is -4.77. The molecule has 1 atom stereocenters. The third-order valence-electron chi connectivity index (χ3n) is 2.34. The molecule has 0 radical (unpaired) electrons. The molecule has 1 rings (SSSR count). The van der Waals surface area contributed by atoms with Gasteiger partial charge in [-0.25, -0.2) is 0 Å². The molecule has 102 valence electrons. The van der Waals surface area contributed by atoms with E-state index in [-0.39, 0.29) is 5.56 Å². The molecule has 0 saturated heterocycles. The van der Waals surface area contributed by atoms with Crippen molar-refractivity contribution in [3.8, 4) is 0 Å². The molecule has 8 heteroatoms. The predicted octanol–water partition coefficient (Wildman–Crippen LogP) is 1.84. The summed E-state index contributed by atoms with van der Waals surface area (Å²) >= 11 is 0. The Bertz CT molecular complexity index is 534. The van der Waals surface area contributed by atoms with Crippen molar-refractivity contribution in [3.05, 3.63) is 35.4 Å². The Hall–Kier alpha value is -1.12. The molecule has 0 heterocycles. The summed E-state index contributed by atoms with van der Waals surface area (Å²) in [5.74, 6) is 0. The topological polar surface area (TPSA) is 74.6 Å². The summed E-state index contributed by atoms with van der Waals surface area (Å²) in [5.41, 5.74) is -1.00. The first kappa shape index (κ1) is 14.9. The quantitative estimate of drug-likeness (QED) is 0.831. The molecule has 0 aliphatic rings. The minimum absolute atomic E-state index is 0.0487. The maximum Gasteiger partial charge on any atom is 0.416 e. The first-order valence-electron chi connectivity index (χ1n) is 4.79. The number of benzene rings is 1. The van der Waals surface area contributed by atoms with Crippen molar-refractivity contribution in [2.24, 2.45) is 0 Å². The first-order chi connectivity index (χ1) is 7.93. The van der Waals surface area contributed by atoms with Crippen LogP contribution in [0.5, 0.6) is 0 Å². The van der Waals surface area contributed by atoms with E-state index in [1.165, 1.54) is 6.07 Å². The molecule has 4 nitrogen and oxygen atoms in total. The maximum absolute atomic E-state index is 12.4. The summed E-state index contributed by atoms with van der Waals surface area (Å²) in [5, 5.41) is 9.48. The van der Waals surface area contributed by atoms with Crippen molar-refractivity contribution in [3.63, 3.8) is 0 Å². The van der Waals surface area contributed by atoms with Crippen molar-refractivity contribution >= 4 is 10.1 Å². The zero-order valence-corrected chi connectivity index (χ0v) is 10.1. The van der Waals surface area contributed by atoms with Crippen molar-refractivity contribution in [2.45, 2.75) is 24.5 Å². The number of rotatable bonds is 3. The molecule has 0 amide bonds. The maximum atomic E-state index is 12.4. The highest BCUT2D eigenvalue weighted by Gasteiger charge is 2.36. The Kier molecular flexibility index (Phi) is 3.75. The van der Waals surface area contributed by atoms with Gasteiger partial charge in [0.15, 0.2) is 4.93 Å². The van der Waals surface area contributed by atoms with Gasteiger partial charge in [-0.15, -0.1) is 0 Å². The minimum Gasteiger partial charge on any atom is -0.372 e. The normalized spacial score (nSPS) is 16.3. The van der Waals surface area contributed by atoms with Crippen molar-refractivity contribution in [1.29, 1.82) is 0 Å². The lowest BCUT2D eigenvalue weighted by Gasteiger charge is -2.20. The van der Waals surface area contributed by atoms with Gasteiger partial charge in [-0.3, -0.25) is 4.55 Å². The fourth-order valence-corrected chi connectivity index (χ4v) is 1.68. The van der Waals surface area contributed by atoms with Crippen LogP contribution in [0, 0.1) is 0 Å². The van der Waals surface area contributed by atoms with E-state index in [2.05, 4.69) is 0 Å². The molecule has 1 aromatic rings. The second kappa shape index (κ2) is 4.52. The van der Waals surface area contributed by atoms with Crippen molar-refractivity contribution in [2.75, 3.05) is 0 Å². The van der Waals surface area contributed by atoms with Crippen LogP contribution in [0.1, 0.15) is 18.1 Å². The first-order valence-corrected chi connectivity index (χ1v) is 6.23. The van der Waals surface area contributed by atoms with Crippen LogP contribution >= 0.6 is 0 Å². The average molecular weight is 284 g/mol. The Morgan fingerprint density at radius 2 is 1.83 bits per heavy atom. The van der Waals surface area contributed by atoms with Gasteiger partial charge in [0.25, 0.3) is 10.1 Å². The van der Waals surface area contributed by atoms with E-state index in [1.54, 1.807) is 0 Å². The molecule has 0 saturated carbocycles. The van der Waals surface area contributed by atoms with Gasteiger partial charge in [-0.2, -0.15) is 21.6 Å². The molecular formula is C10H11F3O4S. The highest BCUT2D eigenvalue weighted by molar-refractivity contribution is 7.87. The van der Waals surface area contributed by atoms with E-state index in [0.717, 1.165) is 25.1 Å². The minimum atomic E-state index is -4.77. The molecule has 2 N–H and O–H groups in total. The number of hydrogen-bond acceptors (Lipinski definition) is 3. The van der Waals surface area contributed by atoms with Gasteiger partial charge in [0.05, 0.1) is 5.56 Å². The Morgan fingerprint density at radius 3 is 2.28 bits per heavy atom. The smallest absolute Gasteiger partial charge is 0.372 e. The number of hydrogen-bond donors (Lipinski definition) is 2. The second-order valence-electron chi connectivity index (χ2n) is 4.03. The zero-order chi connectivity index (χ0) is 14.2. The molecule has 0 spiro atoms. The average Bonchev–Trinajstić information content (AvgIpc) is 2.14. The van der Waals surface area contributed by atoms with Gasteiger partial charge in [-0.05, 0) is 18.6 Å². The van der Waals surface area contributed by atoms with E-state index >= 15 is 0 Å². The molecule has 1 aromatic carbocycles. The third-order valence-corrected chi connectivity index (χ3v) is 3.60. The van der Waals surface area contributed by atoms with Crippen molar-refractivity contribution in [1.82, 2.24) is 0 Å². The number of aliphatic hydroxyl groups is 1. The summed E-state index contributed by atoms with van der Waals surface area (Å²) in [4.78, 5) is -2.53. The molecule has 1 unspecified atom stereocenters. The summed E-state index contributed by atoms with van der Waals surface area (Å²) in [6.45, 7) is 0.808. The molecule has 0 aliphatic heterocycles. The number of halogens is 3. The number of alkyl halides is 3. The van der Waals surface area contributed by atoms with Crippen LogP contribution in [0.15, 0.2) is 24.3 Å². The zero-order valence-electron chi connectivity index (χ0n) is 9.27. The van der Waals surface area contributed by atoms with Gasteiger partial charge < -0.3 is 5.11 Å². The molecule has 0 bridgehead atoms. The molecule has 0 fully saturated rings. The van der Waals surface area contributed by atoms with E-state index in [4.69, 9.17) is 4.55 Å². The van der Waals surface area contributed by atoms with Gasteiger partial charge in [-0.1, -0.05) is 18.2 Å². The largest absolute Gasteiger partial charge is 0.416 e. The molecule has 18 heavy (non-hydrogen) atoms. The Morgan fingerprint density at radius 1 is 1.28 bits per heavy atom. The van der Waals surface area contributed by atoms with Crippen LogP contribution in [0.2, 0.25) is 0 Å². The van der Waals surface area contributed by atoms with E-state index < -0.39 is 33.2 Å². The lowest BCUT2D eigenvalue weighted by molar-refractivity contribution is -0.137. The van der Waals surface area contributed by atoms with Crippen LogP contribution in [0.25, 0.3) is 0 Å². The van der Waals surface area contributed by atoms with E-state index in [0.29, 0.717) is 0 Å². The van der Waals surface area contributed by atoms with Gasteiger partial charge in [0.1, 0.15) is 0 Å². The van der Waals surface area contributed by atoms with Crippen LogP contribution in [0.3, 0.4) is 0 Å². The monoisotopic (exact) mass is 284 g/mol. The Balaban J connectivity index is 3.08. The summed E-state index contributed by atoms with van der Waals surface area (Å²) in [6, 6.07) is 3.87. The van der Waals surface area contributed by atoms with Crippen LogP contribution in [-0.2, 0) is 22.7 Å². The lowest BCUT2D eigenvalue weighted by Crippen LogP contribution is -2.37. The Labute approximate surface area is 102 Å². The highest BCUT2D eigenvalue weighted by Crippen LogP contribution is 2.30. The summed E-state index contributed by atoms with van der Waals surface area (Å²) in [6.07, 6.45) is -5.20. The fourth-order valence-electron chi connectivity index (χ4n) is 1.33. The van der Waals surface area contributed by atoms with Gasteiger partial charge in [0.2, 0.25) is 0 Å². The molecule has 0 aliphatic carbocycles. The van der Waals surface area contributed by atoms with E-state index in [1.807, 2.05) is 0 Å². The standard InChI is InChI=1S/C10H11F3O4S/c1-9(14,18(15,16)17)6-7-3-2-4-8(5-7)10(11,12)13/h2-5,14H,6H2,1H3,(H,15,16,17). The molecular weight excluding hydrogens is 273 g/mol. The second-order valence-corrected chi connectivity index (χ2v) is 5.85. The fraction of sp³-hybridized carbons (Fsp3) is 0.400. The van der Waals surface area contributed by atoms with Crippen LogP contribution in [0.4, 0.5) is 13.2 Å². The third kappa shape index (κ3) is 3.44. The predicted molar refractivity (Wildman–Crippen MR) is 57.3 cm³/mol.